The molecule has 0 aliphatic carbocycles. The van der Waals surface area contributed by atoms with Crippen molar-refractivity contribution >= 4 is 23.5 Å². The number of benzene rings is 2. The van der Waals surface area contributed by atoms with Gasteiger partial charge in [-0.2, -0.15) is 0 Å². The van der Waals surface area contributed by atoms with Gasteiger partial charge in [-0.15, -0.1) is 0 Å². The van der Waals surface area contributed by atoms with Crippen LogP contribution in [0.1, 0.15) is 21.5 Å². The molecule has 1 aliphatic rings. The molecule has 3 rings (SSSR count). The fourth-order valence-electron chi connectivity index (χ4n) is 3.33. The highest BCUT2D eigenvalue weighted by Gasteiger charge is 2.29. The number of rotatable bonds is 5. The molecule has 2 aromatic rings. The van der Waals surface area contributed by atoms with Crippen molar-refractivity contribution in [2.75, 3.05) is 32.2 Å². The number of carbonyl (C=O) groups excluding carboxylic acids is 1. The molecule has 140 valence electrons. The van der Waals surface area contributed by atoms with Crippen LogP contribution in [0.3, 0.4) is 0 Å². The Labute approximate surface area is 157 Å². The summed E-state index contributed by atoms with van der Waals surface area (Å²) in [7, 11) is 3.12. The predicted octanol–water partition coefficient (Wildman–Crippen LogP) is 3.18. The van der Waals surface area contributed by atoms with Gasteiger partial charge in [0.1, 0.15) is 18.0 Å². The second kappa shape index (κ2) is 7.53. The lowest BCUT2D eigenvalue weighted by Gasteiger charge is -2.32. The lowest BCUT2D eigenvalue weighted by Crippen LogP contribution is -2.38. The number of hydrogen-bond acceptors (Lipinski definition) is 5. The number of hydrogen-bond donors (Lipinski definition) is 1. The van der Waals surface area contributed by atoms with Crippen molar-refractivity contribution in [2.24, 2.45) is 0 Å². The Balaban J connectivity index is 2.08. The first-order valence-corrected chi connectivity index (χ1v) is 8.48. The molecule has 0 radical (unpaired) electrons. The van der Waals surface area contributed by atoms with Crippen molar-refractivity contribution in [1.29, 1.82) is 0 Å². The molecule has 0 fully saturated rings. The molecule has 27 heavy (non-hydrogen) atoms. The summed E-state index contributed by atoms with van der Waals surface area (Å²) < 4.78 is 10.6. The van der Waals surface area contributed by atoms with Crippen LogP contribution < -0.4 is 14.4 Å². The maximum absolute atomic E-state index is 13.0. The van der Waals surface area contributed by atoms with E-state index in [1.807, 2.05) is 25.1 Å². The van der Waals surface area contributed by atoms with Crippen LogP contribution in [-0.2, 0) is 4.79 Å². The van der Waals surface area contributed by atoms with Crippen molar-refractivity contribution in [3.63, 3.8) is 0 Å². The largest absolute Gasteiger partial charge is 0.497 e. The highest BCUT2D eigenvalue weighted by Crippen LogP contribution is 2.34. The van der Waals surface area contributed by atoms with Crippen LogP contribution in [0.25, 0.3) is 6.08 Å². The zero-order chi connectivity index (χ0) is 19.6. The van der Waals surface area contributed by atoms with Crippen LogP contribution in [0.2, 0.25) is 0 Å². The van der Waals surface area contributed by atoms with Crippen molar-refractivity contribution in [3.8, 4) is 11.5 Å². The van der Waals surface area contributed by atoms with E-state index < -0.39 is 5.97 Å². The third-order valence-corrected chi connectivity index (χ3v) is 4.55. The number of ether oxygens (including phenoxy) is 2. The Morgan fingerprint density at radius 2 is 2.00 bits per heavy atom. The Morgan fingerprint density at radius 1 is 1.22 bits per heavy atom. The van der Waals surface area contributed by atoms with E-state index in [1.165, 1.54) is 0 Å². The molecule has 0 saturated heterocycles. The molecule has 0 unspecified atom stereocenters. The summed E-state index contributed by atoms with van der Waals surface area (Å²) in [6, 6.07) is 10.8. The number of ketones is 1. The number of aryl methyl sites for hydroxylation is 1. The summed E-state index contributed by atoms with van der Waals surface area (Å²) in [5, 5.41) is 9.28. The number of para-hydroxylation sites is 1. The Bertz CT molecular complexity index is 932. The molecule has 0 amide bonds. The molecule has 6 heteroatoms. The number of methoxy groups -OCH3 is 2. The second-order valence-corrected chi connectivity index (χ2v) is 6.33. The highest BCUT2D eigenvalue weighted by atomic mass is 16.5. The van der Waals surface area contributed by atoms with Gasteiger partial charge in [0.05, 0.1) is 19.9 Å². The van der Waals surface area contributed by atoms with Crippen LogP contribution in [0.15, 0.2) is 42.0 Å². The Morgan fingerprint density at radius 3 is 2.67 bits per heavy atom. The van der Waals surface area contributed by atoms with E-state index in [0.29, 0.717) is 28.3 Å². The quantitative estimate of drug-likeness (QED) is 0.818. The van der Waals surface area contributed by atoms with Crippen molar-refractivity contribution in [3.05, 3.63) is 58.7 Å². The first-order valence-electron chi connectivity index (χ1n) is 8.48. The van der Waals surface area contributed by atoms with E-state index in [0.717, 1.165) is 11.1 Å². The molecule has 0 spiro atoms. The number of nitrogens with zero attached hydrogens (tertiary/aromatic N) is 1. The summed E-state index contributed by atoms with van der Waals surface area (Å²) in [6.07, 6.45) is 1.75. The number of carboxylic acids is 1. The molecule has 0 aromatic heterocycles. The van der Waals surface area contributed by atoms with E-state index in [-0.39, 0.29) is 18.9 Å². The fraction of sp³-hybridized carbons (Fsp3) is 0.238. The van der Waals surface area contributed by atoms with Gasteiger partial charge in [-0.1, -0.05) is 12.1 Å². The fourth-order valence-corrected chi connectivity index (χ4v) is 3.33. The van der Waals surface area contributed by atoms with Gasteiger partial charge in [0.15, 0.2) is 5.78 Å². The molecular weight excluding hydrogens is 346 g/mol. The van der Waals surface area contributed by atoms with Gasteiger partial charge in [-0.25, -0.2) is 0 Å². The van der Waals surface area contributed by atoms with E-state index in [9.17, 15) is 14.7 Å². The Hall–Kier alpha value is -3.28. The van der Waals surface area contributed by atoms with Crippen LogP contribution in [0.5, 0.6) is 11.5 Å². The average molecular weight is 367 g/mol. The number of Topliss-reactive ketones (excluding diaryl/α,β-unsaturated/α-hetero) is 1. The summed E-state index contributed by atoms with van der Waals surface area (Å²) in [5.41, 5.74) is 3.32. The number of anilines is 1. The molecule has 0 bridgehead atoms. The average Bonchev–Trinajstić information content (AvgIpc) is 2.65. The van der Waals surface area contributed by atoms with Gasteiger partial charge in [0, 0.05) is 29.3 Å². The lowest BCUT2D eigenvalue weighted by molar-refractivity contribution is -0.135. The number of carbonyl (C=O) groups is 2. The number of aliphatic carboxylic acids is 1. The SMILES string of the molecule is COc1ccc(/C=C2\CN(CC(=O)O)c3c(C)cccc3C2=O)c(OC)c1. The molecule has 2 aromatic carbocycles. The minimum atomic E-state index is -0.945. The second-order valence-electron chi connectivity index (χ2n) is 6.33. The predicted molar refractivity (Wildman–Crippen MR) is 103 cm³/mol. The van der Waals surface area contributed by atoms with E-state index in [2.05, 4.69) is 0 Å². The highest BCUT2D eigenvalue weighted by molar-refractivity contribution is 6.17. The lowest BCUT2D eigenvalue weighted by atomic mass is 9.92. The summed E-state index contributed by atoms with van der Waals surface area (Å²) in [4.78, 5) is 26.1. The minimum Gasteiger partial charge on any atom is -0.497 e. The molecule has 1 heterocycles. The van der Waals surface area contributed by atoms with Crippen LogP contribution in [0.4, 0.5) is 5.69 Å². The van der Waals surface area contributed by atoms with Gasteiger partial charge >= 0.3 is 5.97 Å². The smallest absolute Gasteiger partial charge is 0.323 e. The van der Waals surface area contributed by atoms with Gasteiger partial charge in [-0.3, -0.25) is 9.59 Å². The van der Waals surface area contributed by atoms with E-state index in [4.69, 9.17) is 9.47 Å². The Kier molecular flexibility index (Phi) is 5.16. The monoisotopic (exact) mass is 367 g/mol. The van der Waals surface area contributed by atoms with Crippen LogP contribution in [0, 0.1) is 6.92 Å². The van der Waals surface area contributed by atoms with Crippen LogP contribution >= 0.6 is 0 Å². The molecule has 1 N–H and O–H groups in total. The molecule has 6 nitrogen and oxygen atoms in total. The zero-order valence-electron chi connectivity index (χ0n) is 15.5. The molecule has 1 aliphatic heterocycles. The summed E-state index contributed by atoms with van der Waals surface area (Å²) in [5.74, 6) is 0.181. The maximum atomic E-state index is 13.0. The molecule has 0 saturated carbocycles. The van der Waals surface area contributed by atoms with Gasteiger partial charge in [0.2, 0.25) is 0 Å². The number of fused-ring (bicyclic) bond motifs is 1. The van der Waals surface area contributed by atoms with Crippen molar-refractivity contribution in [2.45, 2.75) is 6.92 Å². The third-order valence-electron chi connectivity index (χ3n) is 4.55. The van der Waals surface area contributed by atoms with E-state index >= 15 is 0 Å². The van der Waals surface area contributed by atoms with Gasteiger partial charge in [0.25, 0.3) is 0 Å². The molecular formula is C21H21NO5. The zero-order valence-corrected chi connectivity index (χ0v) is 15.5. The van der Waals surface area contributed by atoms with Crippen molar-refractivity contribution in [1.82, 2.24) is 0 Å². The first kappa shape index (κ1) is 18.5. The number of carboxylic acid groups (broad SMARTS) is 1. The summed E-state index contributed by atoms with van der Waals surface area (Å²) >= 11 is 0. The normalized spacial score (nSPS) is 14.9. The van der Waals surface area contributed by atoms with Crippen LogP contribution in [-0.4, -0.2) is 44.2 Å². The van der Waals surface area contributed by atoms with E-state index in [1.54, 1.807) is 43.4 Å². The maximum Gasteiger partial charge on any atom is 0.323 e. The standard InChI is InChI=1S/C21H21NO5/c1-13-5-4-6-17-20(13)22(12-19(23)24)11-15(21(17)25)9-14-7-8-16(26-2)10-18(14)27-3/h4-10H,11-12H2,1-3H3,(H,23,24)/b15-9+. The minimum absolute atomic E-state index is 0.104. The van der Waals surface area contributed by atoms with Gasteiger partial charge in [-0.05, 0) is 36.8 Å². The molecule has 0 atom stereocenters. The van der Waals surface area contributed by atoms with Gasteiger partial charge < -0.3 is 19.5 Å². The topological polar surface area (TPSA) is 76.1 Å². The third kappa shape index (κ3) is 3.65. The summed E-state index contributed by atoms with van der Waals surface area (Å²) in [6.45, 7) is 1.92. The van der Waals surface area contributed by atoms with Crippen molar-refractivity contribution < 1.29 is 24.2 Å². The first-order chi connectivity index (χ1) is 12.9.